The number of benzene rings is 1. The molecule has 0 saturated heterocycles. The Morgan fingerprint density at radius 3 is 2.48 bits per heavy atom. The molecule has 0 saturated carbocycles. The van der Waals surface area contributed by atoms with E-state index in [1.165, 1.54) is 0 Å². The minimum atomic E-state index is -0.100. The quantitative estimate of drug-likeness (QED) is 0.600. The Hall–Kier alpha value is -3.42. The normalized spacial score (nSPS) is 10.7. The van der Waals surface area contributed by atoms with Crippen molar-refractivity contribution in [1.82, 2.24) is 25.3 Å². The highest BCUT2D eigenvalue weighted by Crippen LogP contribution is 2.15. The van der Waals surface area contributed by atoms with Crippen molar-refractivity contribution in [2.45, 2.75) is 20.8 Å². The van der Waals surface area contributed by atoms with Gasteiger partial charge in [0.1, 0.15) is 5.82 Å². The molecule has 0 atom stereocenters. The molecule has 0 aliphatic rings. The number of hydrogen-bond donors (Lipinski definition) is 2. The third kappa shape index (κ3) is 4.71. The zero-order chi connectivity index (χ0) is 21.0. The summed E-state index contributed by atoms with van der Waals surface area (Å²) < 4.78 is 1.80. The van der Waals surface area contributed by atoms with Crippen molar-refractivity contribution in [3.8, 4) is 5.82 Å². The number of nitrogens with one attached hydrogen (secondary N) is 2. The second-order valence-corrected chi connectivity index (χ2v) is 7.11. The van der Waals surface area contributed by atoms with Crippen molar-refractivity contribution in [2.75, 3.05) is 37.4 Å². The van der Waals surface area contributed by atoms with E-state index >= 15 is 0 Å². The zero-order valence-electron chi connectivity index (χ0n) is 17.5. The topological polar surface area (TPSA) is 88.0 Å². The lowest BCUT2D eigenvalue weighted by Crippen LogP contribution is -2.29. The predicted molar refractivity (Wildman–Crippen MR) is 115 cm³/mol. The number of rotatable bonds is 7. The molecule has 8 heteroatoms. The van der Waals surface area contributed by atoms with Crippen molar-refractivity contribution < 1.29 is 4.79 Å². The monoisotopic (exact) mass is 393 g/mol. The van der Waals surface area contributed by atoms with Crippen LogP contribution >= 0.6 is 0 Å². The van der Waals surface area contributed by atoms with Gasteiger partial charge in [-0.2, -0.15) is 5.10 Å². The first-order valence-electron chi connectivity index (χ1n) is 9.53. The van der Waals surface area contributed by atoms with Crippen LogP contribution < -0.4 is 15.5 Å². The number of hydrogen-bond acceptors (Lipinski definition) is 6. The molecule has 0 radical (unpaired) electrons. The lowest BCUT2D eigenvalue weighted by atomic mass is 10.2. The maximum Gasteiger partial charge on any atom is 0.251 e. The molecule has 0 aliphatic carbocycles. The molecule has 2 N–H and O–H groups in total. The number of amides is 1. The van der Waals surface area contributed by atoms with Gasteiger partial charge in [0.05, 0.1) is 5.69 Å². The molecule has 0 bridgehead atoms. The first-order valence-corrected chi connectivity index (χ1v) is 9.53. The molecule has 1 amide bonds. The van der Waals surface area contributed by atoms with Gasteiger partial charge in [-0.1, -0.05) is 6.07 Å². The van der Waals surface area contributed by atoms with Gasteiger partial charge in [0.25, 0.3) is 5.91 Å². The molecule has 0 unspecified atom stereocenters. The standard InChI is InChI=1S/C21H27N7O/c1-14-15(2)26-28(16(14)3)20-10-9-19(24-25-20)22-11-12-23-21(29)17-7-6-8-18(13-17)27(4)5/h6-10,13H,11-12H2,1-5H3,(H,22,24)(H,23,29). The maximum absolute atomic E-state index is 12.3. The molecular weight excluding hydrogens is 366 g/mol. The molecule has 3 rings (SSSR count). The number of anilines is 2. The lowest BCUT2D eigenvalue weighted by Gasteiger charge is -2.13. The number of carbonyl (C=O) groups excluding carboxylic acids is 1. The van der Waals surface area contributed by atoms with E-state index in [1.807, 2.05) is 70.1 Å². The minimum absolute atomic E-state index is 0.100. The molecule has 0 spiro atoms. The van der Waals surface area contributed by atoms with Crippen molar-refractivity contribution in [1.29, 1.82) is 0 Å². The van der Waals surface area contributed by atoms with Crippen LogP contribution in [0.2, 0.25) is 0 Å². The summed E-state index contributed by atoms with van der Waals surface area (Å²) in [5.41, 5.74) is 4.82. The largest absolute Gasteiger partial charge is 0.378 e. The molecule has 1 aromatic carbocycles. The van der Waals surface area contributed by atoms with Gasteiger partial charge < -0.3 is 15.5 Å². The number of nitrogens with zero attached hydrogens (tertiary/aromatic N) is 5. The molecule has 8 nitrogen and oxygen atoms in total. The summed E-state index contributed by atoms with van der Waals surface area (Å²) in [6.07, 6.45) is 0. The van der Waals surface area contributed by atoms with Gasteiger partial charge in [-0.05, 0) is 56.7 Å². The third-order valence-corrected chi connectivity index (χ3v) is 4.86. The minimum Gasteiger partial charge on any atom is -0.378 e. The fourth-order valence-electron chi connectivity index (χ4n) is 2.87. The van der Waals surface area contributed by atoms with Crippen LogP contribution in [0.1, 0.15) is 27.3 Å². The maximum atomic E-state index is 12.3. The van der Waals surface area contributed by atoms with E-state index in [0.717, 1.165) is 22.6 Å². The van der Waals surface area contributed by atoms with E-state index in [1.54, 1.807) is 10.7 Å². The second-order valence-electron chi connectivity index (χ2n) is 7.11. The summed E-state index contributed by atoms with van der Waals surface area (Å²) in [6, 6.07) is 11.3. The van der Waals surface area contributed by atoms with Crippen LogP contribution in [0, 0.1) is 20.8 Å². The number of aryl methyl sites for hydroxylation is 1. The summed E-state index contributed by atoms with van der Waals surface area (Å²) >= 11 is 0. The molecule has 3 aromatic rings. The van der Waals surface area contributed by atoms with Crippen molar-refractivity contribution >= 4 is 17.4 Å². The van der Waals surface area contributed by atoms with E-state index in [2.05, 4.69) is 25.9 Å². The average Bonchev–Trinajstić information content (AvgIpc) is 2.99. The second kappa shape index (κ2) is 8.72. The first-order chi connectivity index (χ1) is 13.9. The van der Waals surface area contributed by atoms with Crippen LogP contribution in [-0.4, -0.2) is 53.1 Å². The number of carbonyl (C=O) groups is 1. The highest BCUT2D eigenvalue weighted by Gasteiger charge is 2.10. The lowest BCUT2D eigenvalue weighted by molar-refractivity contribution is 0.0955. The first kappa shape index (κ1) is 20.3. The Morgan fingerprint density at radius 1 is 1.07 bits per heavy atom. The summed E-state index contributed by atoms with van der Waals surface area (Å²) in [6.45, 7) is 7.06. The average molecular weight is 393 g/mol. The van der Waals surface area contributed by atoms with E-state index in [0.29, 0.717) is 30.3 Å². The van der Waals surface area contributed by atoms with Gasteiger partial charge in [0.15, 0.2) is 5.82 Å². The summed E-state index contributed by atoms with van der Waals surface area (Å²) in [7, 11) is 3.90. The van der Waals surface area contributed by atoms with Gasteiger partial charge in [0, 0.05) is 44.1 Å². The van der Waals surface area contributed by atoms with E-state index in [9.17, 15) is 4.79 Å². The molecule has 0 aliphatic heterocycles. The Bertz CT molecular complexity index is 993. The predicted octanol–water partition coefficient (Wildman–Crippen LogP) is 2.50. The van der Waals surface area contributed by atoms with E-state index < -0.39 is 0 Å². The Morgan fingerprint density at radius 2 is 1.86 bits per heavy atom. The SMILES string of the molecule is Cc1nn(-c2ccc(NCCNC(=O)c3cccc(N(C)C)c3)nn2)c(C)c1C. The van der Waals surface area contributed by atoms with Gasteiger partial charge in [-0.15, -0.1) is 10.2 Å². The van der Waals surface area contributed by atoms with E-state index in [4.69, 9.17) is 0 Å². The molecule has 2 aromatic heterocycles. The summed E-state index contributed by atoms with van der Waals surface area (Å²) in [5.74, 6) is 1.23. The highest BCUT2D eigenvalue weighted by atomic mass is 16.1. The summed E-state index contributed by atoms with van der Waals surface area (Å²) in [5, 5.41) is 19.0. The van der Waals surface area contributed by atoms with Crippen molar-refractivity contribution in [3.05, 3.63) is 58.9 Å². The molecular formula is C21H27N7O. The van der Waals surface area contributed by atoms with Crippen LogP contribution in [0.4, 0.5) is 11.5 Å². The van der Waals surface area contributed by atoms with Gasteiger partial charge in [-0.25, -0.2) is 4.68 Å². The molecule has 0 fully saturated rings. The smallest absolute Gasteiger partial charge is 0.251 e. The fourth-order valence-corrected chi connectivity index (χ4v) is 2.87. The van der Waals surface area contributed by atoms with E-state index in [-0.39, 0.29) is 5.91 Å². The third-order valence-electron chi connectivity index (χ3n) is 4.86. The van der Waals surface area contributed by atoms with Crippen LogP contribution in [0.15, 0.2) is 36.4 Å². The Labute approximate surface area is 171 Å². The zero-order valence-corrected chi connectivity index (χ0v) is 17.5. The molecule has 29 heavy (non-hydrogen) atoms. The van der Waals surface area contributed by atoms with Crippen LogP contribution in [0.5, 0.6) is 0 Å². The van der Waals surface area contributed by atoms with Crippen molar-refractivity contribution in [2.24, 2.45) is 0 Å². The van der Waals surface area contributed by atoms with Gasteiger partial charge in [-0.3, -0.25) is 4.79 Å². The molecule has 2 heterocycles. The van der Waals surface area contributed by atoms with Gasteiger partial charge >= 0.3 is 0 Å². The summed E-state index contributed by atoms with van der Waals surface area (Å²) in [4.78, 5) is 14.3. The number of aromatic nitrogens is 4. The fraction of sp³-hybridized carbons (Fsp3) is 0.333. The highest BCUT2D eigenvalue weighted by molar-refractivity contribution is 5.95. The van der Waals surface area contributed by atoms with Crippen molar-refractivity contribution in [3.63, 3.8) is 0 Å². The molecule has 152 valence electrons. The Kier molecular flexibility index (Phi) is 6.11. The Balaban J connectivity index is 1.51. The van der Waals surface area contributed by atoms with Crippen LogP contribution in [0.3, 0.4) is 0 Å². The van der Waals surface area contributed by atoms with Crippen LogP contribution in [0.25, 0.3) is 5.82 Å². The van der Waals surface area contributed by atoms with Gasteiger partial charge in [0.2, 0.25) is 0 Å². The van der Waals surface area contributed by atoms with Crippen LogP contribution in [-0.2, 0) is 0 Å².